The number of esters is 1. The van der Waals surface area contributed by atoms with Crippen LogP contribution in [0, 0.1) is 17.8 Å². The molecule has 2 saturated heterocycles. The normalized spacial score (nSPS) is 35.2. The van der Waals surface area contributed by atoms with Gasteiger partial charge in [-0.3, -0.25) is 14.4 Å². The SMILES string of the molecule is CCCCN1CC=C[C@]23S[C@@H]4C=CCCOC(=O)[C@@H]4[C@H]2C(=O)N([C@@H](CO)C(C)C)C3C1=O. The monoisotopic (exact) mass is 462 g/mol. The van der Waals surface area contributed by atoms with Crippen LogP contribution in [0.25, 0.3) is 0 Å². The number of likely N-dealkylation sites (tertiary alicyclic amines) is 1. The number of hydrogen-bond donors (Lipinski definition) is 1. The van der Waals surface area contributed by atoms with Crippen molar-refractivity contribution >= 4 is 29.5 Å². The van der Waals surface area contributed by atoms with Gasteiger partial charge in [0.25, 0.3) is 0 Å². The number of ether oxygens (including phenoxy) is 1. The highest BCUT2D eigenvalue weighted by Gasteiger charge is 2.71. The van der Waals surface area contributed by atoms with Gasteiger partial charge in [-0.1, -0.05) is 51.5 Å². The van der Waals surface area contributed by atoms with E-state index in [0.717, 1.165) is 12.8 Å². The maximum absolute atomic E-state index is 14.0. The molecule has 0 aromatic carbocycles. The Morgan fingerprint density at radius 3 is 2.72 bits per heavy atom. The van der Waals surface area contributed by atoms with E-state index in [4.69, 9.17) is 4.74 Å². The van der Waals surface area contributed by atoms with E-state index in [9.17, 15) is 19.5 Å². The van der Waals surface area contributed by atoms with Crippen LogP contribution in [-0.2, 0) is 19.1 Å². The molecule has 0 aromatic heterocycles. The summed E-state index contributed by atoms with van der Waals surface area (Å²) in [7, 11) is 0. The second-order valence-electron chi connectivity index (χ2n) is 9.51. The number of thioether (sulfide) groups is 1. The summed E-state index contributed by atoms with van der Waals surface area (Å²) in [6.07, 6.45) is 10.5. The van der Waals surface area contributed by atoms with Crippen LogP contribution >= 0.6 is 11.8 Å². The fraction of sp³-hybridized carbons (Fsp3) is 0.708. The molecule has 2 amide bonds. The third kappa shape index (κ3) is 3.59. The molecule has 2 fully saturated rings. The molecule has 1 spiro atoms. The molecule has 6 atom stereocenters. The van der Waals surface area contributed by atoms with Crippen molar-refractivity contribution in [3.05, 3.63) is 24.3 Å². The Hall–Kier alpha value is -1.80. The van der Waals surface area contributed by atoms with Gasteiger partial charge in [0.15, 0.2) is 0 Å². The van der Waals surface area contributed by atoms with E-state index >= 15 is 0 Å². The molecule has 0 aliphatic carbocycles. The van der Waals surface area contributed by atoms with Gasteiger partial charge in [0.1, 0.15) is 6.04 Å². The molecule has 32 heavy (non-hydrogen) atoms. The summed E-state index contributed by atoms with van der Waals surface area (Å²) in [5.74, 6) is -2.02. The maximum atomic E-state index is 14.0. The predicted molar refractivity (Wildman–Crippen MR) is 123 cm³/mol. The van der Waals surface area contributed by atoms with Crippen LogP contribution in [0.3, 0.4) is 0 Å². The molecule has 176 valence electrons. The van der Waals surface area contributed by atoms with Gasteiger partial charge in [-0.25, -0.2) is 0 Å². The van der Waals surface area contributed by atoms with Gasteiger partial charge in [-0.15, -0.1) is 11.8 Å². The Kier molecular flexibility index (Phi) is 6.73. The highest BCUT2D eigenvalue weighted by Crippen LogP contribution is 2.61. The third-order valence-electron chi connectivity index (χ3n) is 7.24. The van der Waals surface area contributed by atoms with Crippen LogP contribution in [0.4, 0.5) is 0 Å². The number of hydrogen-bond acceptors (Lipinski definition) is 6. The smallest absolute Gasteiger partial charge is 0.311 e. The lowest BCUT2D eigenvalue weighted by Crippen LogP contribution is -2.57. The molecule has 0 radical (unpaired) electrons. The van der Waals surface area contributed by atoms with Crippen molar-refractivity contribution in [2.45, 2.75) is 62.1 Å². The number of cyclic esters (lactones) is 1. The second-order valence-corrected chi connectivity index (χ2v) is 11.0. The van der Waals surface area contributed by atoms with Crippen molar-refractivity contribution < 1.29 is 24.2 Å². The molecule has 0 bridgehead atoms. The largest absolute Gasteiger partial charge is 0.465 e. The van der Waals surface area contributed by atoms with Gasteiger partial charge in [0, 0.05) is 18.3 Å². The molecule has 0 saturated carbocycles. The maximum Gasteiger partial charge on any atom is 0.311 e. The van der Waals surface area contributed by atoms with E-state index in [1.807, 2.05) is 43.1 Å². The van der Waals surface area contributed by atoms with E-state index in [-0.39, 0.29) is 35.6 Å². The van der Waals surface area contributed by atoms with Crippen molar-refractivity contribution in [2.24, 2.45) is 17.8 Å². The number of unbranched alkanes of at least 4 members (excludes halogenated alkanes) is 1. The van der Waals surface area contributed by atoms with Crippen molar-refractivity contribution in [1.82, 2.24) is 9.80 Å². The van der Waals surface area contributed by atoms with Crippen LogP contribution in [0.15, 0.2) is 24.3 Å². The summed E-state index contributed by atoms with van der Waals surface area (Å²) in [4.78, 5) is 44.4. The summed E-state index contributed by atoms with van der Waals surface area (Å²) in [6.45, 7) is 7.18. The van der Waals surface area contributed by atoms with Crippen LogP contribution in [0.1, 0.15) is 40.0 Å². The Morgan fingerprint density at radius 1 is 1.25 bits per heavy atom. The molecule has 1 unspecified atom stereocenters. The van der Waals surface area contributed by atoms with Gasteiger partial charge in [-0.2, -0.15) is 0 Å². The van der Waals surface area contributed by atoms with E-state index in [2.05, 4.69) is 6.92 Å². The zero-order valence-electron chi connectivity index (χ0n) is 19.1. The minimum absolute atomic E-state index is 0.0334. The fourth-order valence-corrected chi connectivity index (χ4v) is 7.61. The fourth-order valence-electron chi connectivity index (χ4n) is 5.62. The summed E-state index contributed by atoms with van der Waals surface area (Å²) < 4.78 is 4.64. The van der Waals surface area contributed by atoms with Crippen LogP contribution in [0.2, 0.25) is 0 Å². The van der Waals surface area contributed by atoms with Crippen molar-refractivity contribution in [3.8, 4) is 0 Å². The number of aliphatic hydroxyl groups is 1. The van der Waals surface area contributed by atoms with Crippen LogP contribution < -0.4 is 0 Å². The molecule has 8 heteroatoms. The summed E-state index contributed by atoms with van der Waals surface area (Å²) in [6, 6.07) is -1.23. The molecule has 1 N–H and O–H groups in total. The van der Waals surface area contributed by atoms with Crippen LogP contribution in [-0.4, -0.2) is 81.1 Å². The first-order chi connectivity index (χ1) is 15.4. The zero-order valence-corrected chi connectivity index (χ0v) is 19.9. The summed E-state index contributed by atoms with van der Waals surface area (Å²) in [5, 5.41) is 9.99. The number of fused-ring (bicyclic) bond motifs is 2. The number of rotatable bonds is 6. The van der Waals surface area contributed by atoms with Gasteiger partial charge in [0.2, 0.25) is 11.8 Å². The van der Waals surface area contributed by atoms with E-state index in [1.165, 1.54) is 0 Å². The summed E-state index contributed by atoms with van der Waals surface area (Å²) in [5.41, 5.74) is 0. The minimum Gasteiger partial charge on any atom is -0.465 e. The zero-order chi connectivity index (χ0) is 23.0. The Labute approximate surface area is 194 Å². The van der Waals surface area contributed by atoms with E-state index in [0.29, 0.717) is 26.1 Å². The van der Waals surface area contributed by atoms with Crippen molar-refractivity contribution in [2.75, 3.05) is 26.3 Å². The Balaban J connectivity index is 1.84. The van der Waals surface area contributed by atoms with Crippen molar-refractivity contribution in [1.29, 1.82) is 0 Å². The average Bonchev–Trinajstić information content (AvgIpc) is 3.12. The first-order valence-electron chi connectivity index (χ1n) is 11.8. The molecule has 4 aliphatic rings. The van der Waals surface area contributed by atoms with Gasteiger partial charge >= 0.3 is 5.97 Å². The lowest BCUT2D eigenvalue weighted by Gasteiger charge is -2.39. The molecule has 7 nitrogen and oxygen atoms in total. The molecule has 4 heterocycles. The van der Waals surface area contributed by atoms with E-state index in [1.54, 1.807) is 16.7 Å². The molecule has 0 aromatic rings. The summed E-state index contributed by atoms with van der Waals surface area (Å²) >= 11 is 1.55. The predicted octanol–water partition coefficient (Wildman–Crippen LogP) is 2.00. The molecular weight excluding hydrogens is 428 g/mol. The highest BCUT2D eigenvalue weighted by molar-refractivity contribution is 8.02. The first-order valence-corrected chi connectivity index (χ1v) is 12.7. The molecule has 4 aliphatic heterocycles. The van der Waals surface area contributed by atoms with Crippen LogP contribution in [0.5, 0.6) is 0 Å². The standard InChI is InChI=1S/C24H34N2O5S/c1-4-5-11-25-12-8-10-24-19(18-17(32-24)9-6-7-13-31-23(18)30)21(28)26(20(24)22(25)29)16(14-27)15(2)3/h6,8-10,15-20,27H,4-5,7,11-14H2,1-3H3/t16-,17+,18-,19-,20?,24-/m0/s1. The Morgan fingerprint density at radius 2 is 2.03 bits per heavy atom. The molecule has 4 rings (SSSR count). The average molecular weight is 463 g/mol. The first kappa shape index (κ1) is 23.4. The van der Waals surface area contributed by atoms with Gasteiger partial charge in [0.05, 0.1) is 35.8 Å². The van der Waals surface area contributed by atoms with Gasteiger partial charge < -0.3 is 19.6 Å². The second kappa shape index (κ2) is 9.21. The van der Waals surface area contributed by atoms with Gasteiger partial charge in [-0.05, 0) is 18.8 Å². The number of amides is 2. The number of carbonyl (C=O) groups excluding carboxylic acids is 3. The lowest BCUT2D eigenvalue weighted by molar-refractivity contribution is -0.154. The number of aliphatic hydroxyl groups excluding tert-OH is 1. The lowest BCUT2D eigenvalue weighted by atomic mass is 9.78. The Bertz CT molecular complexity index is 827. The van der Waals surface area contributed by atoms with E-state index < -0.39 is 28.7 Å². The number of carbonyl (C=O) groups is 3. The topological polar surface area (TPSA) is 87.2 Å². The number of nitrogens with zero attached hydrogens (tertiary/aromatic N) is 2. The van der Waals surface area contributed by atoms with Crippen molar-refractivity contribution in [3.63, 3.8) is 0 Å². The minimum atomic E-state index is -0.847. The molecular formula is C24H34N2O5S. The third-order valence-corrected chi connectivity index (χ3v) is 8.98. The quantitative estimate of drug-likeness (QED) is 0.480. The highest BCUT2D eigenvalue weighted by atomic mass is 32.2.